The maximum Gasteiger partial charge on any atom is 0.444 e. The predicted molar refractivity (Wildman–Crippen MR) is 183 cm³/mol. The van der Waals surface area contributed by atoms with Crippen LogP contribution in [0.5, 0.6) is 5.75 Å². The number of carbonyl (C=O) groups excluding carboxylic acids is 3. The maximum absolute atomic E-state index is 13.8. The SMILES string of the molecule is Cc1cc(COc2ccc(S(=O)(=O)CC(C=C3CCOCC3)N(C=O)OC(=O)N3C(=O)OC[C@H]3Cc3ccccc3)cc2)c2ccccc2n1. The standard InChI is InChI=1S/C37H37N3O9S/c1-26-19-29(34-9-5-6-10-35(34)38-26)22-47-32-11-13-33(14-12-32)50(44,45)24-31(21-28-15-17-46-18-16-28)39(25-41)49-37(43)40-30(23-48-36(40)42)20-27-7-3-2-4-8-27/h2-14,19,21,25,30-31H,15-18,20,22-24H2,1H3/t30-,31?/m1/s1. The van der Waals surface area contributed by atoms with Crippen molar-refractivity contribution in [3.8, 4) is 5.75 Å². The van der Waals surface area contributed by atoms with Gasteiger partial charge in [0.05, 0.1) is 35.4 Å². The number of amides is 3. The minimum absolute atomic E-state index is 0.00588. The number of carbonyl (C=O) groups is 3. The van der Waals surface area contributed by atoms with Crippen LogP contribution in [0.15, 0.2) is 101 Å². The van der Waals surface area contributed by atoms with Crippen LogP contribution in [0.3, 0.4) is 0 Å². The van der Waals surface area contributed by atoms with Crippen LogP contribution in [0.1, 0.15) is 29.7 Å². The summed E-state index contributed by atoms with van der Waals surface area (Å²) in [5.41, 5.74) is 4.39. The number of nitrogens with zero attached hydrogens (tertiary/aromatic N) is 3. The van der Waals surface area contributed by atoms with Crippen LogP contribution >= 0.6 is 0 Å². The molecule has 1 aromatic heterocycles. The van der Waals surface area contributed by atoms with E-state index in [1.807, 2.05) is 67.6 Å². The van der Waals surface area contributed by atoms with Crippen LogP contribution in [0.25, 0.3) is 10.9 Å². The minimum Gasteiger partial charge on any atom is -0.489 e. The molecule has 2 atom stereocenters. The van der Waals surface area contributed by atoms with Crippen molar-refractivity contribution in [2.45, 2.75) is 49.8 Å². The van der Waals surface area contributed by atoms with Crippen molar-refractivity contribution in [3.05, 3.63) is 113 Å². The Morgan fingerprint density at radius 3 is 2.50 bits per heavy atom. The van der Waals surface area contributed by atoms with E-state index in [2.05, 4.69) is 4.98 Å². The largest absolute Gasteiger partial charge is 0.489 e. The van der Waals surface area contributed by atoms with Crippen molar-refractivity contribution >= 4 is 39.3 Å². The quantitative estimate of drug-likeness (QED) is 0.105. The molecule has 13 heteroatoms. The molecule has 3 amide bonds. The summed E-state index contributed by atoms with van der Waals surface area (Å²) >= 11 is 0. The van der Waals surface area contributed by atoms with E-state index in [1.165, 1.54) is 12.1 Å². The summed E-state index contributed by atoms with van der Waals surface area (Å²) in [6.07, 6.45) is 1.15. The smallest absolute Gasteiger partial charge is 0.444 e. The van der Waals surface area contributed by atoms with Crippen LogP contribution in [-0.2, 0) is 42.0 Å². The molecule has 0 spiro atoms. The average Bonchev–Trinajstić information content (AvgIpc) is 3.49. The van der Waals surface area contributed by atoms with Gasteiger partial charge in [0, 0.05) is 16.6 Å². The lowest BCUT2D eigenvalue weighted by Gasteiger charge is -2.28. The first kappa shape index (κ1) is 34.6. The zero-order valence-electron chi connectivity index (χ0n) is 27.5. The van der Waals surface area contributed by atoms with Gasteiger partial charge in [0.15, 0.2) is 9.84 Å². The molecule has 6 rings (SSSR count). The van der Waals surface area contributed by atoms with Crippen molar-refractivity contribution in [2.24, 2.45) is 0 Å². The van der Waals surface area contributed by atoms with Gasteiger partial charge in [0.2, 0.25) is 6.41 Å². The van der Waals surface area contributed by atoms with Crippen LogP contribution in [0.4, 0.5) is 9.59 Å². The summed E-state index contributed by atoms with van der Waals surface area (Å²) in [5.74, 6) is -0.126. The average molecular weight is 700 g/mol. The summed E-state index contributed by atoms with van der Waals surface area (Å²) < 4.78 is 44.1. The predicted octanol–water partition coefficient (Wildman–Crippen LogP) is 5.57. The highest BCUT2D eigenvalue weighted by Gasteiger charge is 2.41. The highest BCUT2D eigenvalue weighted by Crippen LogP contribution is 2.25. The van der Waals surface area contributed by atoms with Gasteiger partial charge in [-0.3, -0.25) is 9.78 Å². The van der Waals surface area contributed by atoms with Crippen LogP contribution < -0.4 is 4.74 Å². The molecule has 0 N–H and O–H groups in total. The van der Waals surface area contributed by atoms with Crippen LogP contribution in [0, 0.1) is 6.92 Å². The first-order valence-corrected chi connectivity index (χ1v) is 17.9. The number of pyridine rings is 1. The lowest BCUT2D eigenvalue weighted by atomic mass is 10.1. The number of rotatable bonds is 12. The number of sulfone groups is 1. The third kappa shape index (κ3) is 8.29. The van der Waals surface area contributed by atoms with E-state index < -0.39 is 39.9 Å². The number of aryl methyl sites for hydroxylation is 1. The summed E-state index contributed by atoms with van der Waals surface area (Å²) in [6.45, 7) is 2.99. The Balaban J connectivity index is 1.17. The fourth-order valence-electron chi connectivity index (χ4n) is 6.03. The van der Waals surface area contributed by atoms with Crippen molar-refractivity contribution in [2.75, 3.05) is 25.6 Å². The van der Waals surface area contributed by atoms with E-state index in [-0.39, 0.29) is 24.5 Å². The molecular weight excluding hydrogens is 662 g/mol. The van der Waals surface area contributed by atoms with Gasteiger partial charge in [-0.05, 0) is 68.1 Å². The molecule has 0 bridgehead atoms. The molecule has 12 nitrogen and oxygen atoms in total. The molecule has 2 aliphatic heterocycles. The number of para-hydroxylation sites is 1. The highest BCUT2D eigenvalue weighted by molar-refractivity contribution is 7.91. The fraction of sp³-hybridized carbons (Fsp3) is 0.297. The number of ether oxygens (including phenoxy) is 3. The van der Waals surface area contributed by atoms with E-state index in [9.17, 15) is 22.8 Å². The molecule has 3 aromatic carbocycles. The number of hydroxylamine groups is 2. The van der Waals surface area contributed by atoms with Crippen molar-refractivity contribution < 1.29 is 41.8 Å². The number of fused-ring (bicyclic) bond motifs is 1. The van der Waals surface area contributed by atoms with Gasteiger partial charge in [0.25, 0.3) is 0 Å². The monoisotopic (exact) mass is 699 g/mol. The van der Waals surface area contributed by atoms with Crippen LogP contribution in [-0.4, -0.2) is 79.6 Å². The number of aromatic nitrogens is 1. The van der Waals surface area contributed by atoms with Crippen LogP contribution in [0.2, 0.25) is 0 Å². The van der Waals surface area contributed by atoms with E-state index in [0.29, 0.717) is 43.3 Å². The Labute approximate surface area is 290 Å². The topological polar surface area (TPSA) is 142 Å². The molecule has 2 saturated heterocycles. The van der Waals surface area contributed by atoms with E-state index >= 15 is 0 Å². The Kier molecular flexibility index (Phi) is 10.7. The number of cyclic esters (lactones) is 1. The Morgan fingerprint density at radius 2 is 1.76 bits per heavy atom. The first-order valence-electron chi connectivity index (χ1n) is 16.2. The Morgan fingerprint density at radius 1 is 1.04 bits per heavy atom. The second-order valence-electron chi connectivity index (χ2n) is 12.1. The maximum atomic E-state index is 13.8. The lowest BCUT2D eigenvalue weighted by Crippen LogP contribution is -2.46. The molecule has 260 valence electrons. The molecule has 50 heavy (non-hydrogen) atoms. The molecule has 0 saturated carbocycles. The zero-order valence-corrected chi connectivity index (χ0v) is 28.3. The molecule has 0 aliphatic carbocycles. The van der Waals surface area contributed by atoms with Gasteiger partial charge < -0.3 is 19.0 Å². The van der Waals surface area contributed by atoms with Gasteiger partial charge in [0.1, 0.15) is 25.0 Å². The summed E-state index contributed by atoms with van der Waals surface area (Å²) in [4.78, 5) is 49.1. The van der Waals surface area contributed by atoms with Crippen molar-refractivity contribution in [3.63, 3.8) is 0 Å². The number of imide groups is 1. The second-order valence-corrected chi connectivity index (χ2v) is 14.1. The van der Waals surface area contributed by atoms with Gasteiger partial charge in [-0.25, -0.2) is 22.9 Å². The summed E-state index contributed by atoms with van der Waals surface area (Å²) in [6, 6.07) is 23.1. The van der Waals surface area contributed by atoms with E-state index in [1.54, 1.807) is 18.2 Å². The minimum atomic E-state index is -4.04. The zero-order chi connectivity index (χ0) is 35.1. The van der Waals surface area contributed by atoms with E-state index in [4.69, 9.17) is 19.0 Å². The fourth-order valence-corrected chi connectivity index (χ4v) is 7.47. The number of hydrogen-bond acceptors (Lipinski definition) is 10. The normalized spacial score (nSPS) is 16.8. The highest BCUT2D eigenvalue weighted by atomic mass is 32.2. The van der Waals surface area contributed by atoms with Crippen molar-refractivity contribution in [1.29, 1.82) is 0 Å². The summed E-state index contributed by atoms with van der Waals surface area (Å²) in [7, 11) is -4.04. The van der Waals surface area contributed by atoms with Gasteiger partial charge >= 0.3 is 12.2 Å². The van der Waals surface area contributed by atoms with Gasteiger partial charge in [-0.1, -0.05) is 60.2 Å². The first-order chi connectivity index (χ1) is 24.2. The summed E-state index contributed by atoms with van der Waals surface area (Å²) in [5, 5.41) is 1.61. The Hall–Kier alpha value is -5.27. The number of hydrogen-bond donors (Lipinski definition) is 0. The lowest BCUT2D eigenvalue weighted by molar-refractivity contribution is -0.157. The molecule has 1 unspecified atom stereocenters. The second kappa shape index (κ2) is 15.5. The number of benzene rings is 3. The molecule has 4 aromatic rings. The van der Waals surface area contributed by atoms with E-state index in [0.717, 1.165) is 38.2 Å². The Bertz CT molecular complexity index is 1980. The van der Waals surface area contributed by atoms with Gasteiger partial charge in [-0.15, -0.1) is 0 Å². The van der Waals surface area contributed by atoms with Gasteiger partial charge in [-0.2, -0.15) is 5.06 Å². The third-order valence-electron chi connectivity index (χ3n) is 8.55. The molecule has 0 radical (unpaired) electrons. The molecular formula is C37H37N3O9S. The molecule has 2 aliphatic rings. The molecule has 3 heterocycles. The van der Waals surface area contributed by atoms with Crippen molar-refractivity contribution in [1.82, 2.24) is 14.9 Å². The molecule has 2 fully saturated rings. The third-order valence-corrected chi connectivity index (χ3v) is 10.3.